The lowest BCUT2D eigenvalue weighted by molar-refractivity contribution is 0.0600. The summed E-state index contributed by atoms with van der Waals surface area (Å²) in [5, 5.41) is 14.0. The molecule has 7 nitrogen and oxygen atoms in total. The standard InChI is InChI=1S/C16H14N4O3/c1-23-15(21)13-5-6-18-14(8-13)20-16(22)19-10-12-4-2-3-11(7-12)9-17/h2-8H,10H2,1H3,(H2,18,19,20,22). The highest BCUT2D eigenvalue weighted by Gasteiger charge is 2.08. The third-order valence-corrected chi connectivity index (χ3v) is 2.93. The Morgan fingerprint density at radius 3 is 2.87 bits per heavy atom. The summed E-state index contributed by atoms with van der Waals surface area (Å²) in [5.74, 6) is -0.277. The van der Waals surface area contributed by atoms with Gasteiger partial charge in [-0.1, -0.05) is 12.1 Å². The molecule has 2 rings (SSSR count). The van der Waals surface area contributed by atoms with E-state index in [1.54, 1.807) is 24.3 Å². The Morgan fingerprint density at radius 2 is 2.13 bits per heavy atom. The van der Waals surface area contributed by atoms with Crippen LogP contribution in [0.4, 0.5) is 10.6 Å². The number of urea groups is 1. The first-order valence-corrected chi connectivity index (χ1v) is 6.70. The van der Waals surface area contributed by atoms with Crippen molar-refractivity contribution in [1.29, 1.82) is 5.26 Å². The number of hydrogen-bond acceptors (Lipinski definition) is 5. The zero-order valence-electron chi connectivity index (χ0n) is 12.4. The molecule has 1 heterocycles. The van der Waals surface area contributed by atoms with Crippen molar-refractivity contribution < 1.29 is 14.3 Å². The van der Waals surface area contributed by atoms with Crippen LogP contribution in [0.5, 0.6) is 0 Å². The smallest absolute Gasteiger partial charge is 0.338 e. The van der Waals surface area contributed by atoms with Crippen molar-refractivity contribution in [1.82, 2.24) is 10.3 Å². The molecule has 0 radical (unpaired) electrons. The van der Waals surface area contributed by atoms with Crippen LogP contribution in [0.2, 0.25) is 0 Å². The van der Waals surface area contributed by atoms with Gasteiger partial charge in [-0.3, -0.25) is 5.32 Å². The number of nitriles is 1. The second-order valence-electron chi connectivity index (χ2n) is 4.54. The highest BCUT2D eigenvalue weighted by atomic mass is 16.5. The van der Waals surface area contributed by atoms with Gasteiger partial charge in [0.05, 0.1) is 24.3 Å². The topological polar surface area (TPSA) is 104 Å². The molecule has 0 spiro atoms. The number of benzene rings is 1. The lowest BCUT2D eigenvalue weighted by Crippen LogP contribution is -2.28. The molecular formula is C16H14N4O3. The number of amides is 2. The lowest BCUT2D eigenvalue weighted by Gasteiger charge is -2.08. The van der Waals surface area contributed by atoms with E-state index < -0.39 is 12.0 Å². The molecule has 0 saturated heterocycles. The summed E-state index contributed by atoms with van der Waals surface area (Å²) in [4.78, 5) is 27.2. The van der Waals surface area contributed by atoms with Gasteiger partial charge in [-0.15, -0.1) is 0 Å². The van der Waals surface area contributed by atoms with Gasteiger partial charge in [0, 0.05) is 12.7 Å². The molecule has 0 unspecified atom stereocenters. The van der Waals surface area contributed by atoms with Gasteiger partial charge in [-0.25, -0.2) is 14.6 Å². The van der Waals surface area contributed by atoms with Gasteiger partial charge in [-0.05, 0) is 29.8 Å². The Kier molecular flexibility index (Phi) is 5.25. The van der Waals surface area contributed by atoms with Crippen molar-refractivity contribution in [3.8, 4) is 6.07 Å². The summed E-state index contributed by atoms with van der Waals surface area (Å²) in [6.07, 6.45) is 1.40. The number of hydrogen-bond donors (Lipinski definition) is 2. The molecule has 1 aromatic carbocycles. The second-order valence-corrected chi connectivity index (χ2v) is 4.54. The summed E-state index contributed by atoms with van der Waals surface area (Å²) in [6.45, 7) is 0.262. The summed E-state index contributed by atoms with van der Waals surface area (Å²) in [5.41, 5.74) is 1.62. The molecule has 23 heavy (non-hydrogen) atoms. The molecule has 1 aromatic heterocycles. The van der Waals surface area contributed by atoms with Crippen molar-refractivity contribution in [3.05, 3.63) is 59.3 Å². The molecule has 0 saturated carbocycles. The van der Waals surface area contributed by atoms with Crippen LogP contribution >= 0.6 is 0 Å². The fraction of sp³-hybridized carbons (Fsp3) is 0.125. The van der Waals surface area contributed by atoms with Gasteiger partial charge < -0.3 is 10.1 Å². The minimum Gasteiger partial charge on any atom is -0.465 e. The highest BCUT2D eigenvalue weighted by molar-refractivity contribution is 5.92. The second kappa shape index (κ2) is 7.56. The summed E-state index contributed by atoms with van der Waals surface area (Å²) in [7, 11) is 1.28. The average molecular weight is 310 g/mol. The fourth-order valence-electron chi connectivity index (χ4n) is 1.84. The Morgan fingerprint density at radius 1 is 1.30 bits per heavy atom. The van der Waals surface area contributed by atoms with E-state index in [2.05, 4.69) is 20.4 Å². The van der Waals surface area contributed by atoms with Crippen molar-refractivity contribution in [3.63, 3.8) is 0 Å². The molecular weight excluding hydrogens is 296 g/mol. The fourth-order valence-corrected chi connectivity index (χ4v) is 1.84. The summed E-state index contributed by atoms with van der Waals surface area (Å²) >= 11 is 0. The average Bonchev–Trinajstić information content (AvgIpc) is 2.59. The lowest BCUT2D eigenvalue weighted by atomic mass is 10.1. The summed E-state index contributed by atoms with van der Waals surface area (Å²) < 4.78 is 4.60. The number of carbonyl (C=O) groups is 2. The van der Waals surface area contributed by atoms with E-state index in [1.165, 1.54) is 25.4 Å². The molecule has 116 valence electrons. The number of carbonyl (C=O) groups excluding carboxylic acids is 2. The number of pyridine rings is 1. The highest BCUT2D eigenvalue weighted by Crippen LogP contribution is 2.08. The van der Waals surface area contributed by atoms with Crippen LogP contribution in [-0.4, -0.2) is 24.1 Å². The molecule has 7 heteroatoms. The van der Waals surface area contributed by atoms with E-state index in [4.69, 9.17) is 5.26 Å². The van der Waals surface area contributed by atoms with Gasteiger partial charge >= 0.3 is 12.0 Å². The predicted octanol–water partition coefficient (Wildman–Crippen LogP) is 2.06. The third-order valence-electron chi connectivity index (χ3n) is 2.93. The maximum absolute atomic E-state index is 11.8. The molecule has 0 bridgehead atoms. The normalized spacial score (nSPS) is 9.57. The van der Waals surface area contributed by atoms with Gasteiger partial charge in [0.2, 0.25) is 0 Å². The Hall–Kier alpha value is -3.40. The van der Waals surface area contributed by atoms with Crippen molar-refractivity contribution >= 4 is 17.8 Å². The molecule has 0 fully saturated rings. The van der Waals surface area contributed by atoms with E-state index in [1.807, 2.05) is 6.07 Å². The largest absolute Gasteiger partial charge is 0.465 e. The van der Waals surface area contributed by atoms with Crippen molar-refractivity contribution in [2.24, 2.45) is 0 Å². The Bertz CT molecular complexity index is 768. The van der Waals surface area contributed by atoms with Gasteiger partial charge in [-0.2, -0.15) is 5.26 Å². The molecule has 2 amide bonds. The van der Waals surface area contributed by atoms with Gasteiger partial charge in [0.1, 0.15) is 5.82 Å². The molecule has 0 aliphatic heterocycles. The third kappa shape index (κ3) is 4.54. The Balaban J connectivity index is 1.94. The number of rotatable bonds is 4. The van der Waals surface area contributed by atoms with Crippen molar-refractivity contribution in [2.45, 2.75) is 6.54 Å². The van der Waals surface area contributed by atoms with Crippen LogP contribution in [0.25, 0.3) is 0 Å². The number of esters is 1. The first-order chi connectivity index (χ1) is 11.1. The SMILES string of the molecule is COC(=O)c1ccnc(NC(=O)NCc2cccc(C#N)c2)c1. The van der Waals surface area contributed by atoms with Gasteiger partial charge in [0.15, 0.2) is 0 Å². The molecule has 2 aromatic rings. The van der Waals surface area contributed by atoms with Crippen molar-refractivity contribution in [2.75, 3.05) is 12.4 Å². The number of ether oxygens (including phenoxy) is 1. The number of methoxy groups -OCH3 is 1. The van der Waals surface area contributed by atoms with Crippen LogP contribution in [0.1, 0.15) is 21.5 Å². The minimum atomic E-state index is -0.510. The monoisotopic (exact) mass is 310 g/mol. The van der Waals surface area contributed by atoms with Crippen LogP contribution < -0.4 is 10.6 Å². The number of aromatic nitrogens is 1. The maximum atomic E-state index is 11.8. The number of nitrogens with one attached hydrogen (secondary N) is 2. The zero-order chi connectivity index (χ0) is 16.7. The van der Waals surface area contributed by atoms with E-state index >= 15 is 0 Å². The first-order valence-electron chi connectivity index (χ1n) is 6.70. The molecule has 0 aliphatic rings. The minimum absolute atomic E-state index is 0.233. The van der Waals surface area contributed by atoms with Crippen LogP contribution in [0, 0.1) is 11.3 Å². The van der Waals surface area contributed by atoms with E-state index in [-0.39, 0.29) is 12.4 Å². The quantitative estimate of drug-likeness (QED) is 0.841. The maximum Gasteiger partial charge on any atom is 0.338 e. The first kappa shape index (κ1) is 16.0. The van der Waals surface area contributed by atoms with Crippen LogP contribution in [0.15, 0.2) is 42.6 Å². The van der Waals surface area contributed by atoms with Crippen LogP contribution in [-0.2, 0) is 11.3 Å². The number of anilines is 1. The van der Waals surface area contributed by atoms with E-state index in [9.17, 15) is 9.59 Å². The zero-order valence-corrected chi connectivity index (χ0v) is 12.4. The van der Waals surface area contributed by atoms with E-state index in [0.717, 1.165) is 5.56 Å². The molecule has 2 N–H and O–H groups in total. The number of nitrogens with zero attached hydrogens (tertiary/aromatic N) is 2. The van der Waals surface area contributed by atoms with Gasteiger partial charge in [0.25, 0.3) is 0 Å². The van der Waals surface area contributed by atoms with Crippen LogP contribution in [0.3, 0.4) is 0 Å². The van der Waals surface area contributed by atoms with E-state index in [0.29, 0.717) is 11.1 Å². The Labute approximate surface area is 132 Å². The predicted molar refractivity (Wildman–Crippen MR) is 82.6 cm³/mol. The molecule has 0 aliphatic carbocycles. The molecule has 0 atom stereocenters. The summed E-state index contributed by atoms with van der Waals surface area (Å²) in [6, 6.07) is 11.4.